The van der Waals surface area contributed by atoms with E-state index in [2.05, 4.69) is 20.5 Å². The summed E-state index contributed by atoms with van der Waals surface area (Å²) in [4.78, 5) is 40.7. The van der Waals surface area contributed by atoms with Gasteiger partial charge in [0.05, 0.1) is 5.92 Å². The average molecular weight is 418 g/mol. The minimum Gasteiger partial charge on any atom is -0.301 e. The Morgan fingerprint density at radius 1 is 1.25 bits per heavy atom. The Kier molecular flexibility index (Phi) is 6.53. The van der Waals surface area contributed by atoms with E-state index < -0.39 is 11.9 Å². The first kappa shape index (κ1) is 20.2. The number of aliphatic imine (C=N–C) groups is 1. The van der Waals surface area contributed by atoms with Gasteiger partial charge in [-0.15, -0.1) is 10.2 Å². The number of aromatic nitrogens is 2. The number of carbonyl (C=O) groups is 3. The molecule has 0 fully saturated rings. The van der Waals surface area contributed by atoms with Crippen molar-refractivity contribution >= 4 is 51.8 Å². The monoisotopic (exact) mass is 417 g/mol. The highest BCUT2D eigenvalue weighted by atomic mass is 32.2. The van der Waals surface area contributed by atoms with Gasteiger partial charge in [0, 0.05) is 24.9 Å². The Labute approximate surface area is 170 Å². The van der Waals surface area contributed by atoms with Gasteiger partial charge in [-0.2, -0.15) is 0 Å². The Morgan fingerprint density at radius 3 is 2.75 bits per heavy atom. The summed E-state index contributed by atoms with van der Waals surface area (Å²) in [6.45, 7) is 1.63. The molecule has 4 amide bonds. The molecule has 28 heavy (non-hydrogen) atoms. The van der Waals surface area contributed by atoms with Crippen molar-refractivity contribution < 1.29 is 14.4 Å². The number of rotatable bonds is 7. The lowest BCUT2D eigenvalue weighted by molar-refractivity contribution is -0.129. The summed E-state index contributed by atoms with van der Waals surface area (Å²) in [6, 6.07) is 9.45. The van der Waals surface area contributed by atoms with Crippen LogP contribution in [0.4, 0.5) is 9.93 Å². The maximum absolute atomic E-state index is 12.2. The second-order valence-corrected chi connectivity index (χ2v) is 8.42. The summed E-state index contributed by atoms with van der Waals surface area (Å²) in [7, 11) is 1.39. The molecular formula is C18H19N5O3S2. The number of carbonyl (C=O) groups excluding carboxylic acids is 3. The van der Waals surface area contributed by atoms with Crippen molar-refractivity contribution in [3.05, 3.63) is 35.9 Å². The largest absolute Gasteiger partial charge is 0.349 e. The SMILES string of the molecule is CC1=NC(=O)N(C)C(=O)C1CCC(=O)Nc1nnc(SCc2ccccc2)s1. The highest BCUT2D eigenvalue weighted by molar-refractivity contribution is 8.00. The number of imide groups is 1. The molecular weight excluding hydrogens is 398 g/mol. The van der Waals surface area contributed by atoms with Gasteiger partial charge < -0.3 is 5.32 Å². The summed E-state index contributed by atoms with van der Waals surface area (Å²) in [6.07, 6.45) is 0.406. The topological polar surface area (TPSA) is 105 Å². The Balaban J connectivity index is 1.49. The molecule has 1 aromatic carbocycles. The van der Waals surface area contributed by atoms with Crippen LogP contribution in [0.1, 0.15) is 25.3 Å². The summed E-state index contributed by atoms with van der Waals surface area (Å²) in [5.74, 6) is -0.366. The molecule has 1 aromatic heterocycles. The van der Waals surface area contributed by atoms with Crippen molar-refractivity contribution in [2.75, 3.05) is 12.4 Å². The number of hydrogen-bond acceptors (Lipinski definition) is 7. The zero-order chi connectivity index (χ0) is 20.1. The molecule has 0 saturated heterocycles. The quantitative estimate of drug-likeness (QED) is 0.548. The predicted octanol–water partition coefficient (Wildman–Crippen LogP) is 3.22. The molecule has 1 aliphatic rings. The van der Waals surface area contributed by atoms with Crippen molar-refractivity contribution in [1.82, 2.24) is 15.1 Å². The van der Waals surface area contributed by atoms with Gasteiger partial charge in [0.25, 0.3) is 0 Å². The van der Waals surface area contributed by atoms with Crippen LogP contribution in [0.25, 0.3) is 0 Å². The first-order valence-electron chi connectivity index (χ1n) is 8.61. The molecule has 0 aliphatic carbocycles. The first-order chi connectivity index (χ1) is 13.4. The van der Waals surface area contributed by atoms with Crippen LogP contribution < -0.4 is 5.32 Å². The van der Waals surface area contributed by atoms with Crippen LogP contribution in [-0.4, -0.2) is 45.7 Å². The molecule has 0 saturated carbocycles. The van der Waals surface area contributed by atoms with Gasteiger partial charge >= 0.3 is 6.03 Å². The van der Waals surface area contributed by atoms with Crippen molar-refractivity contribution in [2.24, 2.45) is 10.9 Å². The minimum atomic E-state index is -0.572. The smallest absolute Gasteiger partial charge is 0.301 e. The van der Waals surface area contributed by atoms with Crippen LogP contribution in [0, 0.1) is 5.92 Å². The summed E-state index contributed by atoms with van der Waals surface area (Å²) in [5, 5.41) is 11.2. The highest BCUT2D eigenvalue weighted by Crippen LogP contribution is 2.28. The molecule has 1 N–H and O–H groups in total. The van der Waals surface area contributed by atoms with E-state index in [1.54, 1.807) is 18.7 Å². The molecule has 0 radical (unpaired) electrons. The summed E-state index contributed by atoms with van der Waals surface area (Å²) in [5.41, 5.74) is 1.63. The van der Waals surface area contributed by atoms with E-state index in [1.165, 1.54) is 23.9 Å². The van der Waals surface area contributed by atoms with Crippen molar-refractivity contribution in [2.45, 2.75) is 29.9 Å². The molecule has 0 spiro atoms. The van der Waals surface area contributed by atoms with Gasteiger partial charge in [-0.3, -0.25) is 14.5 Å². The van der Waals surface area contributed by atoms with Gasteiger partial charge in [-0.25, -0.2) is 9.79 Å². The predicted molar refractivity (Wildman–Crippen MR) is 109 cm³/mol. The van der Waals surface area contributed by atoms with E-state index in [0.717, 1.165) is 15.0 Å². The van der Waals surface area contributed by atoms with Gasteiger partial charge in [-0.1, -0.05) is 53.4 Å². The Morgan fingerprint density at radius 2 is 2.00 bits per heavy atom. The summed E-state index contributed by atoms with van der Waals surface area (Å²) < 4.78 is 0.768. The van der Waals surface area contributed by atoms with Crippen molar-refractivity contribution in [1.29, 1.82) is 0 Å². The maximum atomic E-state index is 12.2. The van der Waals surface area contributed by atoms with Crippen LogP contribution >= 0.6 is 23.1 Å². The van der Waals surface area contributed by atoms with Gasteiger partial charge in [-0.05, 0) is 18.9 Å². The van der Waals surface area contributed by atoms with Crippen LogP contribution in [0.5, 0.6) is 0 Å². The number of anilines is 1. The maximum Gasteiger partial charge on any atom is 0.349 e. The lowest BCUT2D eigenvalue weighted by atomic mass is 9.95. The molecule has 1 unspecified atom stereocenters. The fraction of sp³-hybridized carbons (Fsp3) is 0.333. The van der Waals surface area contributed by atoms with Crippen molar-refractivity contribution in [3.8, 4) is 0 Å². The number of thioether (sulfide) groups is 1. The molecule has 146 valence electrons. The van der Waals surface area contributed by atoms with E-state index in [4.69, 9.17) is 0 Å². The standard InChI is InChI=1S/C18H19N5O3S2/c1-11-13(15(25)23(2)17(26)19-11)8-9-14(24)20-16-21-22-18(28-16)27-10-12-6-4-3-5-7-12/h3-7,13H,8-10H2,1-2H3,(H,20,21,24). The fourth-order valence-corrected chi connectivity index (χ4v) is 4.36. The number of hydrogen-bond donors (Lipinski definition) is 1. The molecule has 2 heterocycles. The van der Waals surface area contributed by atoms with E-state index >= 15 is 0 Å². The fourth-order valence-electron chi connectivity index (χ4n) is 2.64. The average Bonchev–Trinajstić information content (AvgIpc) is 3.12. The number of urea groups is 1. The van der Waals surface area contributed by atoms with Crippen LogP contribution in [0.2, 0.25) is 0 Å². The zero-order valence-corrected chi connectivity index (χ0v) is 17.0. The third-order valence-electron chi connectivity index (χ3n) is 4.21. The van der Waals surface area contributed by atoms with E-state index in [-0.39, 0.29) is 24.7 Å². The van der Waals surface area contributed by atoms with E-state index in [0.29, 0.717) is 10.8 Å². The Bertz CT molecular complexity index is 913. The van der Waals surface area contributed by atoms with Crippen LogP contribution in [0.3, 0.4) is 0 Å². The molecule has 10 heteroatoms. The number of benzene rings is 1. The zero-order valence-electron chi connectivity index (χ0n) is 15.4. The Hall–Kier alpha value is -2.59. The second-order valence-electron chi connectivity index (χ2n) is 6.22. The number of nitrogens with zero attached hydrogens (tertiary/aromatic N) is 4. The lowest BCUT2D eigenvalue weighted by Gasteiger charge is -2.25. The second kappa shape index (κ2) is 9.07. The molecule has 2 aromatic rings. The van der Waals surface area contributed by atoms with E-state index in [9.17, 15) is 14.4 Å². The lowest BCUT2D eigenvalue weighted by Crippen LogP contribution is -2.43. The molecule has 3 rings (SSSR count). The number of amides is 4. The van der Waals surface area contributed by atoms with Gasteiger partial charge in [0.1, 0.15) is 0 Å². The highest BCUT2D eigenvalue weighted by Gasteiger charge is 2.33. The minimum absolute atomic E-state index is 0.122. The van der Waals surface area contributed by atoms with Gasteiger partial charge in [0.15, 0.2) is 4.34 Å². The number of nitrogens with one attached hydrogen (secondary N) is 1. The van der Waals surface area contributed by atoms with Crippen LogP contribution in [-0.2, 0) is 15.3 Å². The van der Waals surface area contributed by atoms with Gasteiger partial charge in [0.2, 0.25) is 16.9 Å². The molecule has 0 bridgehead atoms. The normalized spacial score (nSPS) is 16.9. The molecule has 1 aliphatic heterocycles. The molecule has 8 nitrogen and oxygen atoms in total. The van der Waals surface area contributed by atoms with Crippen LogP contribution in [0.15, 0.2) is 39.7 Å². The third kappa shape index (κ3) is 5.02. The molecule has 1 atom stereocenters. The van der Waals surface area contributed by atoms with E-state index in [1.807, 2.05) is 30.3 Å². The summed E-state index contributed by atoms with van der Waals surface area (Å²) >= 11 is 2.86. The van der Waals surface area contributed by atoms with Crippen molar-refractivity contribution in [3.63, 3.8) is 0 Å². The third-order valence-corrected chi connectivity index (χ3v) is 6.25. The first-order valence-corrected chi connectivity index (χ1v) is 10.4.